The van der Waals surface area contributed by atoms with Crippen molar-refractivity contribution in [2.24, 2.45) is 0 Å². The van der Waals surface area contributed by atoms with Crippen LogP contribution in [0.1, 0.15) is 34.6 Å². The van der Waals surface area contributed by atoms with Gasteiger partial charge in [0.15, 0.2) is 0 Å². The molecule has 0 aromatic heterocycles. The van der Waals surface area contributed by atoms with E-state index in [0.29, 0.717) is 5.69 Å². The summed E-state index contributed by atoms with van der Waals surface area (Å²) < 4.78 is 10.4. The normalized spacial score (nSPS) is 15.2. The lowest BCUT2D eigenvalue weighted by Crippen LogP contribution is -2.50. The van der Waals surface area contributed by atoms with Gasteiger partial charge in [-0.2, -0.15) is 0 Å². The van der Waals surface area contributed by atoms with E-state index in [1.165, 1.54) is 17.0 Å². The SMILES string of the molecule is CCOC(=O)C1=C(COC(=O)c2ccccc2C(=O)N(C)c2ccccc2)NC(=O)N[C@H]1C. The Kier molecular flexibility index (Phi) is 7.45. The molecule has 172 valence electrons. The van der Waals surface area contributed by atoms with Crippen LogP contribution >= 0.6 is 0 Å². The lowest BCUT2D eigenvalue weighted by molar-refractivity contribution is -0.139. The van der Waals surface area contributed by atoms with Crippen molar-refractivity contribution in [1.29, 1.82) is 0 Å². The van der Waals surface area contributed by atoms with Gasteiger partial charge in [-0.3, -0.25) is 4.79 Å². The number of para-hydroxylation sites is 1. The molecule has 0 unspecified atom stereocenters. The second kappa shape index (κ2) is 10.4. The molecule has 0 aliphatic carbocycles. The lowest BCUT2D eigenvalue weighted by atomic mass is 10.0. The number of carbonyl (C=O) groups is 4. The molecule has 9 heteroatoms. The Bertz CT molecular complexity index is 1100. The maximum absolute atomic E-state index is 13.1. The average Bonchev–Trinajstić information content (AvgIpc) is 2.81. The van der Waals surface area contributed by atoms with Crippen LogP contribution in [0.3, 0.4) is 0 Å². The molecule has 0 bridgehead atoms. The summed E-state index contributed by atoms with van der Waals surface area (Å²) in [5, 5.41) is 5.07. The Morgan fingerprint density at radius 1 is 0.939 bits per heavy atom. The lowest BCUT2D eigenvalue weighted by Gasteiger charge is -2.26. The number of benzene rings is 2. The molecule has 3 rings (SSSR count). The first-order chi connectivity index (χ1) is 15.8. The molecule has 1 atom stereocenters. The van der Waals surface area contributed by atoms with Gasteiger partial charge in [0, 0.05) is 12.7 Å². The standard InChI is InChI=1S/C24H25N3O6/c1-4-32-23(30)20-15(2)25-24(31)26-19(20)14-33-22(29)18-13-9-8-12-17(18)21(28)27(3)16-10-6-5-7-11-16/h5-13,15H,4,14H2,1-3H3,(H2,25,26,31)/t15-/m0/s1. The molecule has 2 aromatic carbocycles. The van der Waals surface area contributed by atoms with Gasteiger partial charge in [-0.25, -0.2) is 14.4 Å². The van der Waals surface area contributed by atoms with Crippen molar-refractivity contribution < 1.29 is 28.7 Å². The van der Waals surface area contributed by atoms with Crippen LogP contribution in [0.25, 0.3) is 0 Å². The Hall–Kier alpha value is -4.14. The fourth-order valence-corrected chi connectivity index (χ4v) is 3.41. The largest absolute Gasteiger partial charge is 0.463 e. The second-order valence-electron chi connectivity index (χ2n) is 7.25. The first-order valence-electron chi connectivity index (χ1n) is 10.4. The number of rotatable bonds is 7. The van der Waals surface area contributed by atoms with E-state index >= 15 is 0 Å². The summed E-state index contributed by atoms with van der Waals surface area (Å²) in [6, 6.07) is 14.2. The van der Waals surface area contributed by atoms with Gasteiger partial charge in [-0.05, 0) is 38.1 Å². The number of anilines is 1. The third-order valence-corrected chi connectivity index (χ3v) is 5.04. The summed E-state index contributed by atoms with van der Waals surface area (Å²) in [6.07, 6.45) is 0. The highest BCUT2D eigenvalue weighted by atomic mass is 16.5. The third kappa shape index (κ3) is 5.38. The summed E-state index contributed by atoms with van der Waals surface area (Å²) in [4.78, 5) is 51.6. The fourth-order valence-electron chi connectivity index (χ4n) is 3.41. The van der Waals surface area contributed by atoms with E-state index in [9.17, 15) is 19.2 Å². The molecular formula is C24H25N3O6. The van der Waals surface area contributed by atoms with E-state index in [4.69, 9.17) is 9.47 Å². The Balaban J connectivity index is 1.82. The second-order valence-corrected chi connectivity index (χ2v) is 7.25. The number of esters is 2. The van der Waals surface area contributed by atoms with Gasteiger partial charge in [-0.1, -0.05) is 30.3 Å². The van der Waals surface area contributed by atoms with Gasteiger partial charge in [0.2, 0.25) is 0 Å². The zero-order chi connectivity index (χ0) is 24.0. The predicted molar refractivity (Wildman–Crippen MR) is 121 cm³/mol. The van der Waals surface area contributed by atoms with Crippen molar-refractivity contribution in [3.8, 4) is 0 Å². The molecule has 33 heavy (non-hydrogen) atoms. The number of amides is 3. The Morgan fingerprint density at radius 3 is 2.24 bits per heavy atom. The van der Waals surface area contributed by atoms with Crippen molar-refractivity contribution in [2.75, 3.05) is 25.2 Å². The first-order valence-corrected chi connectivity index (χ1v) is 10.4. The number of ether oxygens (including phenoxy) is 2. The summed E-state index contributed by atoms with van der Waals surface area (Å²) in [7, 11) is 1.61. The minimum absolute atomic E-state index is 0.0666. The molecule has 0 radical (unpaired) electrons. The average molecular weight is 451 g/mol. The van der Waals surface area contributed by atoms with Gasteiger partial charge in [0.1, 0.15) is 6.61 Å². The molecular weight excluding hydrogens is 426 g/mol. The van der Waals surface area contributed by atoms with Crippen molar-refractivity contribution in [2.45, 2.75) is 19.9 Å². The molecule has 0 saturated heterocycles. The number of nitrogens with zero attached hydrogens (tertiary/aromatic N) is 1. The van der Waals surface area contributed by atoms with E-state index in [0.717, 1.165) is 0 Å². The number of hydrogen-bond acceptors (Lipinski definition) is 6. The van der Waals surface area contributed by atoms with Crippen LogP contribution in [0, 0.1) is 0 Å². The van der Waals surface area contributed by atoms with Gasteiger partial charge in [0.05, 0.1) is 35.0 Å². The van der Waals surface area contributed by atoms with Gasteiger partial charge >= 0.3 is 18.0 Å². The fraction of sp³-hybridized carbons (Fsp3) is 0.250. The van der Waals surface area contributed by atoms with E-state index in [-0.39, 0.29) is 41.5 Å². The quantitative estimate of drug-likeness (QED) is 0.626. The molecule has 3 amide bonds. The molecule has 0 spiro atoms. The van der Waals surface area contributed by atoms with E-state index in [1.807, 2.05) is 18.2 Å². The van der Waals surface area contributed by atoms with Crippen molar-refractivity contribution in [3.05, 3.63) is 77.0 Å². The molecule has 1 heterocycles. The smallest absolute Gasteiger partial charge is 0.339 e. The molecule has 9 nitrogen and oxygen atoms in total. The summed E-state index contributed by atoms with van der Waals surface area (Å²) >= 11 is 0. The highest BCUT2D eigenvalue weighted by Gasteiger charge is 2.30. The highest BCUT2D eigenvalue weighted by Crippen LogP contribution is 2.19. The van der Waals surface area contributed by atoms with Crippen LogP contribution in [0.2, 0.25) is 0 Å². The maximum atomic E-state index is 13.1. The van der Waals surface area contributed by atoms with Gasteiger partial charge < -0.3 is 25.0 Å². The van der Waals surface area contributed by atoms with Crippen LogP contribution in [0.15, 0.2) is 65.9 Å². The predicted octanol–water partition coefficient (Wildman–Crippen LogP) is 2.64. The highest BCUT2D eigenvalue weighted by molar-refractivity contribution is 6.12. The molecule has 2 aromatic rings. The third-order valence-electron chi connectivity index (χ3n) is 5.04. The van der Waals surface area contributed by atoms with Crippen LogP contribution in [0.4, 0.5) is 10.5 Å². The maximum Gasteiger partial charge on any atom is 0.339 e. The van der Waals surface area contributed by atoms with Crippen molar-refractivity contribution in [1.82, 2.24) is 10.6 Å². The number of carbonyl (C=O) groups excluding carboxylic acids is 4. The van der Waals surface area contributed by atoms with Crippen LogP contribution in [0.5, 0.6) is 0 Å². The zero-order valence-electron chi connectivity index (χ0n) is 18.6. The Morgan fingerprint density at radius 2 is 1.58 bits per heavy atom. The molecule has 1 aliphatic heterocycles. The number of nitrogens with one attached hydrogen (secondary N) is 2. The number of urea groups is 1. The molecule has 0 fully saturated rings. The minimum Gasteiger partial charge on any atom is -0.463 e. The van der Waals surface area contributed by atoms with E-state index in [1.54, 1.807) is 45.2 Å². The monoisotopic (exact) mass is 451 g/mol. The molecule has 1 aliphatic rings. The zero-order valence-corrected chi connectivity index (χ0v) is 18.6. The van der Waals surface area contributed by atoms with Crippen molar-refractivity contribution >= 4 is 29.6 Å². The number of hydrogen-bond donors (Lipinski definition) is 2. The Labute approximate surface area is 191 Å². The van der Waals surface area contributed by atoms with Crippen LogP contribution in [-0.2, 0) is 14.3 Å². The molecule has 2 N–H and O–H groups in total. The van der Waals surface area contributed by atoms with Crippen LogP contribution < -0.4 is 15.5 Å². The summed E-state index contributed by atoms with van der Waals surface area (Å²) in [5.41, 5.74) is 1.19. The van der Waals surface area contributed by atoms with Crippen LogP contribution in [-0.4, -0.2) is 50.2 Å². The topological polar surface area (TPSA) is 114 Å². The summed E-state index contributed by atoms with van der Waals surface area (Å²) in [6.45, 7) is 3.07. The van der Waals surface area contributed by atoms with E-state index < -0.39 is 24.0 Å². The van der Waals surface area contributed by atoms with E-state index in [2.05, 4.69) is 10.6 Å². The molecule has 0 saturated carbocycles. The van der Waals surface area contributed by atoms with Gasteiger partial charge in [-0.15, -0.1) is 0 Å². The van der Waals surface area contributed by atoms with Crippen molar-refractivity contribution in [3.63, 3.8) is 0 Å². The van der Waals surface area contributed by atoms with Gasteiger partial charge in [0.25, 0.3) is 5.91 Å². The first kappa shape index (κ1) is 23.5. The minimum atomic E-state index is -0.767. The summed E-state index contributed by atoms with van der Waals surface area (Å²) in [5.74, 6) is -1.77.